The van der Waals surface area contributed by atoms with Crippen LogP contribution in [-0.4, -0.2) is 44.1 Å². The van der Waals surface area contributed by atoms with E-state index in [0.29, 0.717) is 6.42 Å². The Balaban J connectivity index is 2.12. The van der Waals surface area contributed by atoms with Crippen LogP contribution in [0.2, 0.25) is 0 Å². The van der Waals surface area contributed by atoms with Crippen LogP contribution in [0, 0.1) is 13.8 Å². The van der Waals surface area contributed by atoms with Gasteiger partial charge in [-0.1, -0.05) is 6.07 Å². The van der Waals surface area contributed by atoms with Crippen LogP contribution in [0.15, 0.2) is 12.1 Å². The van der Waals surface area contributed by atoms with Gasteiger partial charge < -0.3 is 15.0 Å². The molecule has 110 valence electrons. The molecule has 0 spiro atoms. The van der Waals surface area contributed by atoms with E-state index >= 15 is 0 Å². The van der Waals surface area contributed by atoms with Crippen LogP contribution in [-0.2, 0) is 11.2 Å². The summed E-state index contributed by atoms with van der Waals surface area (Å²) in [4.78, 5) is 14.4. The lowest BCUT2D eigenvalue weighted by Gasteiger charge is -2.21. The number of aryl methyl sites for hydroxylation is 2. The molecule has 0 bridgehead atoms. The van der Waals surface area contributed by atoms with E-state index in [1.807, 2.05) is 11.0 Å². The molecule has 1 aromatic rings. The Morgan fingerprint density at radius 3 is 2.75 bits per heavy atom. The van der Waals surface area contributed by atoms with Crippen molar-refractivity contribution in [1.29, 1.82) is 0 Å². The third-order valence-corrected chi connectivity index (χ3v) is 3.93. The third-order valence-electron chi connectivity index (χ3n) is 3.93. The molecule has 4 nitrogen and oxygen atoms in total. The van der Waals surface area contributed by atoms with E-state index in [2.05, 4.69) is 25.2 Å². The largest absolute Gasteiger partial charge is 0.496 e. The first-order valence-electron chi connectivity index (χ1n) is 7.24. The van der Waals surface area contributed by atoms with Gasteiger partial charge in [-0.3, -0.25) is 4.79 Å². The zero-order valence-electron chi connectivity index (χ0n) is 12.7. The number of carbonyl (C=O) groups excluding carboxylic acids is 1. The minimum atomic E-state index is 0.190. The number of carbonyl (C=O) groups is 1. The second-order valence-electron chi connectivity index (χ2n) is 5.41. The molecular weight excluding hydrogens is 252 g/mol. The van der Waals surface area contributed by atoms with Gasteiger partial charge in [-0.05, 0) is 44.0 Å². The lowest BCUT2D eigenvalue weighted by Crippen LogP contribution is -2.35. The molecule has 1 heterocycles. The van der Waals surface area contributed by atoms with E-state index in [0.717, 1.165) is 43.9 Å². The van der Waals surface area contributed by atoms with Crippen LogP contribution < -0.4 is 10.1 Å². The number of amides is 1. The van der Waals surface area contributed by atoms with Gasteiger partial charge in [-0.15, -0.1) is 0 Å². The van der Waals surface area contributed by atoms with Crippen molar-refractivity contribution in [3.05, 3.63) is 28.8 Å². The summed E-state index contributed by atoms with van der Waals surface area (Å²) >= 11 is 0. The molecule has 0 radical (unpaired) electrons. The lowest BCUT2D eigenvalue weighted by molar-refractivity contribution is -0.130. The summed E-state index contributed by atoms with van der Waals surface area (Å²) in [7, 11) is 1.66. The van der Waals surface area contributed by atoms with Crippen molar-refractivity contribution in [2.75, 3.05) is 33.3 Å². The van der Waals surface area contributed by atoms with Crippen LogP contribution in [0.5, 0.6) is 5.75 Å². The number of methoxy groups -OCH3 is 1. The van der Waals surface area contributed by atoms with Crippen LogP contribution in [0.25, 0.3) is 0 Å². The highest BCUT2D eigenvalue weighted by atomic mass is 16.5. The van der Waals surface area contributed by atoms with E-state index < -0.39 is 0 Å². The van der Waals surface area contributed by atoms with E-state index in [1.165, 1.54) is 11.1 Å². The fourth-order valence-electron chi connectivity index (χ4n) is 2.55. The van der Waals surface area contributed by atoms with Crippen LogP contribution in [0.4, 0.5) is 0 Å². The molecule has 1 amide bonds. The molecule has 0 aromatic heterocycles. The Morgan fingerprint density at radius 1 is 1.25 bits per heavy atom. The summed E-state index contributed by atoms with van der Waals surface area (Å²) in [6, 6.07) is 4.09. The highest BCUT2D eigenvalue weighted by Gasteiger charge is 2.17. The highest BCUT2D eigenvalue weighted by molar-refractivity contribution is 5.79. The smallest absolute Gasteiger partial charge is 0.227 e. The summed E-state index contributed by atoms with van der Waals surface area (Å²) in [5, 5.41) is 3.32. The maximum absolute atomic E-state index is 12.4. The molecule has 1 aliphatic heterocycles. The SMILES string of the molecule is COc1cc(C)c(C)cc1CC(=O)N1CCCNCC1. The number of hydrogen-bond acceptors (Lipinski definition) is 3. The Bertz CT molecular complexity index is 478. The van der Waals surface area contributed by atoms with Gasteiger partial charge in [0.1, 0.15) is 5.75 Å². The normalized spacial score (nSPS) is 15.8. The van der Waals surface area contributed by atoms with Gasteiger partial charge in [0.05, 0.1) is 13.5 Å². The average molecular weight is 276 g/mol. The molecular formula is C16H24N2O2. The van der Waals surface area contributed by atoms with Gasteiger partial charge in [0, 0.05) is 25.2 Å². The Kier molecular flexibility index (Phi) is 5.01. The second-order valence-corrected chi connectivity index (χ2v) is 5.41. The number of benzene rings is 1. The van der Waals surface area contributed by atoms with Gasteiger partial charge in [0.25, 0.3) is 0 Å². The van der Waals surface area contributed by atoms with Gasteiger partial charge >= 0.3 is 0 Å². The van der Waals surface area contributed by atoms with Gasteiger partial charge in [-0.25, -0.2) is 0 Å². The second kappa shape index (κ2) is 6.75. The molecule has 0 atom stereocenters. The topological polar surface area (TPSA) is 41.6 Å². The minimum Gasteiger partial charge on any atom is -0.496 e. The molecule has 2 rings (SSSR count). The van der Waals surface area contributed by atoms with Crippen molar-refractivity contribution in [3.63, 3.8) is 0 Å². The highest BCUT2D eigenvalue weighted by Crippen LogP contribution is 2.24. The molecule has 1 aromatic carbocycles. The summed E-state index contributed by atoms with van der Waals surface area (Å²) < 4.78 is 5.41. The van der Waals surface area contributed by atoms with Gasteiger partial charge in [0.2, 0.25) is 5.91 Å². The molecule has 1 saturated heterocycles. The Hall–Kier alpha value is -1.55. The van der Waals surface area contributed by atoms with Crippen molar-refractivity contribution in [1.82, 2.24) is 10.2 Å². The first kappa shape index (κ1) is 14.9. The number of hydrogen-bond donors (Lipinski definition) is 1. The predicted molar refractivity (Wildman–Crippen MR) is 80.2 cm³/mol. The predicted octanol–water partition coefficient (Wildman–Crippen LogP) is 1.68. The molecule has 1 fully saturated rings. The average Bonchev–Trinajstić information content (AvgIpc) is 2.71. The lowest BCUT2D eigenvalue weighted by atomic mass is 10.0. The molecule has 0 saturated carbocycles. The van der Waals surface area contributed by atoms with Crippen LogP contribution in [0.1, 0.15) is 23.1 Å². The van der Waals surface area contributed by atoms with E-state index in [-0.39, 0.29) is 5.91 Å². The van der Waals surface area contributed by atoms with Gasteiger partial charge in [-0.2, -0.15) is 0 Å². The van der Waals surface area contributed by atoms with E-state index in [4.69, 9.17) is 4.74 Å². The molecule has 1 N–H and O–H groups in total. The van der Waals surface area contributed by atoms with E-state index in [9.17, 15) is 4.79 Å². The molecule has 0 unspecified atom stereocenters. The number of nitrogens with zero attached hydrogens (tertiary/aromatic N) is 1. The summed E-state index contributed by atoms with van der Waals surface area (Å²) in [6.45, 7) is 7.65. The van der Waals surface area contributed by atoms with Crippen molar-refractivity contribution in [2.24, 2.45) is 0 Å². The monoisotopic (exact) mass is 276 g/mol. The standard InChI is InChI=1S/C16H24N2O2/c1-12-9-14(15(20-3)10-13(12)2)11-16(19)18-7-4-5-17-6-8-18/h9-10,17H,4-8,11H2,1-3H3. The van der Waals surface area contributed by atoms with Crippen molar-refractivity contribution < 1.29 is 9.53 Å². The number of nitrogens with one attached hydrogen (secondary N) is 1. The fraction of sp³-hybridized carbons (Fsp3) is 0.562. The number of ether oxygens (including phenoxy) is 1. The molecule has 1 aliphatic rings. The number of rotatable bonds is 3. The maximum Gasteiger partial charge on any atom is 0.227 e. The fourth-order valence-corrected chi connectivity index (χ4v) is 2.55. The van der Waals surface area contributed by atoms with Crippen LogP contribution >= 0.6 is 0 Å². The first-order chi connectivity index (χ1) is 9.61. The van der Waals surface area contributed by atoms with E-state index in [1.54, 1.807) is 7.11 Å². The third kappa shape index (κ3) is 3.51. The minimum absolute atomic E-state index is 0.190. The molecule has 20 heavy (non-hydrogen) atoms. The van der Waals surface area contributed by atoms with Crippen molar-refractivity contribution in [2.45, 2.75) is 26.7 Å². The molecule has 0 aliphatic carbocycles. The maximum atomic E-state index is 12.4. The first-order valence-corrected chi connectivity index (χ1v) is 7.24. The van der Waals surface area contributed by atoms with Crippen molar-refractivity contribution in [3.8, 4) is 5.75 Å². The Labute approximate surface area is 121 Å². The van der Waals surface area contributed by atoms with Gasteiger partial charge in [0.15, 0.2) is 0 Å². The molecule has 4 heteroatoms. The van der Waals surface area contributed by atoms with Crippen LogP contribution in [0.3, 0.4) is 0 Å². The zero-order valence-corrected chi connectivity index (χ0v) is 12.7. The van der Waals surface area contributed by atoms with Crippen molar-refractivity contribution >= 4 is 5.91 Å². The Morgan fingerprint density at radius 2 is 2.00 bits per heavy atom. The summed E-state index contributed by atoms with van der Waals surface area (Å²) in [6.07, 6.45) is 1.44. The summed E-state index contributed by atoms with van der Waals surface area (Å²) in [5.74, 6) is 1.00. The zero-order chi connectivity index (χ0) is 14.5. The quantitative estimate of drug-likeness (QED) is 0.913. The summed E-state index contributed by atoms with van der Waals surface area (Å²) in [5.41, 5.74) is 3.38.